The Morgan fingerprint density at radius 3 is 2.76 bits per heavy atom. The second-order valence-electron chi connectivity index (χ2n) is 5.63. The Kier molecular flexibility index (Phi) is 3.66. The Morgan fingerprint density at radius 1 is 1.12 bits per heavy atom. The molecule has 0 bridgehead atoms. The summed E-state index contributed by atoms with van der Waals surface area (Å²) in [5.74, 6) is -1.05. The number of carbonyl (C=O) groups is 1. The fraction of sp³-hybridized carbons (Fsp3) is 0.0556. The van der Waals surface area contributed by atoms with Crippen LogP contribution < -0.4 is 5.32 Å². The molecule has 4 aromatic rings. The smallest absolute Gasteiger partial charge is 0.357 e. The fourth-order valence-electron chi connectivity index (χ4n) is 2.78. The van der Waals surface area contributed by atoms with E-state index in [1.165, 1.54) is 0 Å². The quantitative estimate of drug-likeness (QED) is 0.448. The van der Waals surface area contributed by atoms with Crippen molar-refractivity contribution in [1.82, 2.24) is 20.4 Å². The van der Waals surface area contributed by atoms with Crippen LogP contribution in [-0.2, 0) is 6.54 Å². The summed E-state index contributed by atoms with van der Waals surface area (Å²) in [6, 6.07) is 15.4. The first-order chi connectivity index (χ1) is 12.2. The molecule has 124 valence electrons. The van der Waals surface area contributed by atoms with Gasteiger partial charge in [0, 0.05) is 23.2 Å². The van der Waals surface area contributed by atoms with Gasteiger partial charge in [-0.15, -0.1) is 0 Å². The molecule has 0 unspecified atom stereocenters. The van der Waals surface area contributed by atoms with Gasteiger partial charge in [-0.2, -0.15) is 10.2 Å². The average Bonchev–Trinajstić information content (AvgIpc) is 3.27. The molecule has 2 aromatic heterocycles. The lowest BCUT2D eigenvalue weighted by Gasteiger charge is -2.07. The summed E-state index contributed by atoms with van der Waals surface area (Å²) in [6.45, 7) is 0.562. The number of anilines is 1. The summed E-state index contributed by atoms with van der Waals surface area (Å²) in [4.78, 5) is 11.2. The van der Waals surface area contributed by atoms with Gasteiger partial charge in [-0.25, -0.2) is 4.79 Å². The van der Waals surface area contributed by atoms with Gasteiger partial charge in [0.2, 0.25) is 0 Å². The van der Waals surface area contributed by atoms with Crippen molar-refractivity contribution in [2.75, 3.05) is 5.32 Å². The van der Waals surface area contributed by atoms with Gasteiger partial charge in [0.1, 0.15) is 0 Å². The Labute approximate surface area is 142 Å². The molecule has 0 saturated carbocycles. The third-order valence-electron chi connectivity index (χ3n) is 4.03. The van der Waals surface area contributed by atoms with Crippen LogP contribution in [0, 0.1) is 0 Å². The van der Waals surface area contributed by atoms with Gasteiger partial charge in [-0.1, -0.05) is 30.3 Å². The van der Waals surface area contributed by atoms with E-state index in [0.717, 1.165) is 22.5 Å². The molecule has 0 aliphatic carbocycles. The maximum absolute atomic E-state index is 11.2. The molecule has 25 heavy (non-hydrogen) atoms. The second-order valence-corrected chi connectivity index (χ2v) is 5.63. The minimum atomic E-state index is -1.05. The van der Waals surface area contributed by atoms with Crippen LogP contribution in [0.4, 0.5) is 5.69 Å². The zero-order chi connectivity index (χ0) is 17.2. The zero-order valence-corrected chi connectivity index (χ0v) is 13.2. The number of benzene rings is 2. The van der Waals surface area contributed by atoms with E-state index in [-0.39, 0.29) is 5.69 Å². The maximum atomic E-state index is 11.2. The fourth-order valence-corrected chi connectivity index (χ4v) is 2.78. The Hall–Kier alpha value is -3.61. The van der Waals surface area contributed by atoms with E-state index in [1.54, 1.807) is 12.3 Å². The van der Waals surface area contributed by atoms with E-state index >= 15 is 0 Å². The Morgan fingerprint density at radius 2 is 1.96 bits per heavy atom. The number of H-pyrrole nitrogens is 2. The summed E-state index contributed by atoms with van der Waals surface area (Å²) in [7, 11) is 0. The third-order valence-corrected chi connectivity index (χ3v) is 4.03. The SMILES string of the molecule is O=C(O)c1n[nH]c2ccc(NCc3cn[nH]c3-c3ccccc3)cc12. The molecule has 2 aromatic carbocycles. The number of nitrogens with one attached hydrogen (secondary N) is 3. The number of aromatic carboxylic acids is 1. The van der Waals surface area contributed by atoms with Crippen molar-refractivity contribution < 1.29 is 9.90 Å². The number of carboxylic acid groups (broad SMARTS) is 1. The topological polar surface area (TPSA) is 107 Å². The molecular formula is C18H15N5O2. The Bertz CT molecular complexity index is 1040. The normalized spacial score (nSPS) is 10.9. The summed E-state index contributed by atoms with van der Waals surface area (Å²) >= 11 is 0. The van der Waals surface area contributed by atoms with E-state index in [9.17, 15) is 9.90 Å². The lowest BCUT2D eigenvalue weighted by Crippen LogP contribution is -2.00. The summed E-state index contributed by atoms with van der Waals surface area (Å²) in [5, 5.41) is 26.8. The average molecular weight is 333 g/mol. The molecule has 0 atom stereocenters. The first-order valence-electron chi connectivity index (χ1n) is 7.75. The van der Waals surface area contributed by atoms with Crippen molar-refractivity contribution >= 4 is 22.6 Å². The summed E-state index contributed by atoms with van der Waals surface area (Å²) in [6.07, 6.45) is 1.79. The van der Waals surface area contributed by atoms with Gasteiger partial charge < -0.3 is 10.4 Å². The van der Waals surface area contributed by atoms with Crippen molar-refractivity contribution in [2.24, 2.45) is 0 Å². The van der Waals surface area contributed by atoms with Gasteiger partial charge in [-0.05, 0) is 23.8 Å². The molecule has 7 heteroatoms. The van der Waals surface area contributed by atoms with E-state index in [1.807, 2.05) is 42.5 Å². The molecule has 0 fully saturated rings. The standard InChI is InChI=1S/C18H15N5O2/c24-18(25)17-14-8-13(6-7-15(14)21-23-17)19-9-12-10-20-22-16(12)11-4-2-1-3-5-11/h1-8,10,19H,9H2,(H,20,22)(H,21,23)(H,24,25). The van der Waals surface area contributed by atoms with Crippen LogP contribution in [-0.4, -0.2) is 31.5 Å². The first-order valence-corrected chi connectivity index (χ1v) is 7.75. The van der Waals surface area contributed by atoms with Crippen molar-refractivity contribution in [2.45, 2.75) is 6.54 Å². The molecular weight excluding hydrogens is 318 g/mol. The molecule has 0 aliphatic rings. The van der Waals surface area contributed by atoms with Gasteiger partial charge in [0.15, 0.2) is 5.69 Å². The van der Waals surface area contributed by atoms with Gasteiger partial charge >= 0.3 is 5.97 Å². The lowest BCUT2D eigenvalue weighted by atomic mass is 10.1. The van der Waals surface area contributed by atoms with E-state index in [2.05, 4.69) is 25.7 Å². The molecule has 0 radical (unpaired) electrons. The molecule has 7 nitrogen and oxygen atoms in total. The highest BCUT2D eigenvalue weighted by molar-refractivity contribution is 6.01. The van der Waals surface area contributed by atoms with Crippen LogP contribution in [0.2, 0.25) is 0 Å². The largest absolute Gasteiger partial charge is 0.476 e. The van der Waals surface area contributed by atoms with Gasteiger partial charge in [-0.3, -0.25) is 10.2 Å². The number of carboxylic acids is 1. The lowest BCUT2D eigenvalue weighted by molar-refractivity contribution is 0.0692. The van der Waals surface area contributed by atoms with Crippen molar-refractivity contribution in [3.8, 4) is 11.3 Å². The van der Waals surface area contributed by atoms with Crippen molar-refractivity contribution in [3.63, 3.8) is 0 Å². The Balaban J connectivity index is 1.58. The number of hydrogen-bond donors (Lipinski definition) is 4. The number of aromatic nitrogens is 4. The number of rotatable bonds is 5. The monoisotopic (exact) mass is 333 g/mol. The molecule has 0 spiro atoms. The second kappa shape index (κ2) is 6.12. The summed E-state index contributed by atoms with van der Waals surface area (Å²) in [5.41, 5.74) is 4.58. The van der Waals surface area contributed by atoms with Crippen LogP contribution in [0.5, 0.6) is 0 Å². The third kappa shape index (κ3) is 2.83. The zero-order valence-electron chi connectivity index (χ0n) is 13.2. The van der Waals surface area contributed by atoms with Crippen LogP contribution in [0.25, 0.3) is 22.2 Å². The molecule has 0 aliphatic heterocycles. The predicted molar refractivity (Wildman–Crippen MR) is 94.4 cm³/mol. The first kappa shape index (κ1) is 14.9. The highest BCUT2D eigenvalue weighted by Crippen LogP contribution is 2.24. The minimum Gasteiger partial charge on any atom is -0.476 e. The molecule has 2 heterocycles. The maximum Gasteiger partial charge on any atom is 0.357 e. The number of nitrogens with zero attached hydrogens (tertiary/aromatic N) is 2. The van der Waals surface area contributed by atoms with Crippen LogP contribution in [0.15, 0.2) is 54.7 Å². The molecule has 4 N–H and O–H groups in total. The molecule has 0 amide bonds. The van der Waals surface area contributed by atoms with E-state index in [0.29, 0.717) is 17.4 Å². The van der Waals surface area contributed by atoms with Crippen LogP contribution in [0.1, 0.15) is 16.1 Å². The molecule has 4 rings (SSSR count). The van der Waals surface area contributed by atoms with Crippen molar-refractivity contribution in [3.05, 3.63) is 66.0 Å². The van der Waals surface area contributed by atoms with Gasteiger partial charge in [0.05, 0.1) is 17.4 Å². The number of fused-ring (bicyclic) bond motifs is 1. The van der Waals surface area contributed by atoms with E-state index in [4.69, 9.17) is 0 Å². The number of hydrogen-bond acceptors (Lipinski definition) is 4. The minimum absolute atomic E-state index is 0.0203. The predicted octanol–water partition coefficient (Wildman–Crippen LogP) is 3.26. The van der Waals surface area contributed by atoms with Crippen molar-refractivity contribution in [1.29, 1.82) is 0 Å². The highest BCUT2D eigenvalue weighted by atomic mass is 16.4. The number of aromatic amines is 2. The van der Waals surface area contributed by atoms with E-state index < -0.39 is 5.97 Å². The summed E-state index contributed by atoms with van der Waals surface area (Å²) < 4.78 is 0. The van der Waals surface area contributed by atoms with Crippen LogP contribution in [0.3, 0.4) is 0 Å². The van der Waals surface area contributed by atoms with Crippen LogP contribution >= 0.6 is 0 Å². The van der Waals surface area contributed by atoms with Gasteiger partial charge in [0.25, 0.3) is 0 Å². The highest BCUT2D eigenvalue weighted by Gasteiger charge is 2.13. The molecule has 0 saturated heterocycles.